The monoisotopic (exact) mass is 422 g/mol. The van der Waals surface area contributed by atoms with Crippen molar-refractivity contribution in [2.45, 2.75) is 32.0 Å². The second-order valence-corrected chi connectivity index (χ2v) is 8.26. The van der Waals surface area contributed by atoms with Gasteiger partial charge < -0.3 is 16.8 Å². The van der Waals surface area contributed by atoms with Crippen LogP contribution in [0.1, 0.15) is 22.3 Å². The zero-order valence-corrected chi connectivity index (χ0v) is 17.5. The maximum absolute atomic E-state index is 13.8. The number of nitrogens with zero attached hydrogens (tertiary/aromatic N) is 1. The molecular weight excluding hydrogens is 394 g/mol. The largest absolute Gasteiger partial charge is 0.399 e. The highest BCUT2D eigenvalue weighted by Crippen LogP contribution is 2.26. The Hall–Kier alpha value is -2.96. The van der Waals surface area contributed by atoms with Gasteiger partial charge in [0.1, 0.15) is 11.6 Å². The first kappa shape index (κ1) is 21.3. The zero-order valence-electron chi connectivity index (χ0n) is 17.5. The van der Waals surface area contributed by atoms with Gasteiger partial charge in [-0.05, 0) is 77.6 Å². The van der Waals surface area contributed by atoms with Crippen LogP contribution in [-0.2, 0) is 25.9 Å². The normalized spacial score (nSPS) is 16.3. The number of halogens is 2. The van der Waals surface area contributed by atoms with E-state index in [1.165, 1.54) is 23.8 Å². The van der Waals surface area contributed by atoms with E-state index in [0.29, 0.717) is 17.9 Å². The van der Waals surface area contributed by atoms with Gasteiger partial charge in [0.05, 0.1) is 0 Å². The summed E-state index contributed by atoms with van der Waals surface area (Å²) in [6.45, 7) is 3.10. The molecule has 0 bridgehead atoms. The minimum Gasteiger partial charge on any atom is -0.399 e. The molecule has 0 amide bonds. The molecule has 3 aromatic carbocycles. The van der Waals surface area contributed by atoms with Gasteiger partial charge >= 0.3 is 0 Å². The number of nitrogens with two attached hydrogens (primary N) is 2. The molecule has 4 rings (SSSR count). The van der Waals surface area contributed by atoms with Gasteiger partial charge in [-0.15, -0.1) is 0 Å². The second kappa shape index (κ2) is 9.45. The van der Waals surface area contributed by atoms with Gasteiger partial charge in [0.25, 0.3) is 0 Å². The lowest BCUT2D eigenvalue weighted by Gasteiger charge is -2.37. The SMILES string of the molecule is Nc1cc(N)cc(CNCCN2Cc3ccc(F)cc3CC2Cc2ccc(F)cc2)c1. The van der Waals surface area contributed by atoms with Crippen LogP contribution < -0.4 is 16.8 Å². The third kappa shape index (κ3) is 5.60. The maximum atomic E-state index is 13.8. The lowest BCUT2D eigenvalue weighted by Crippen LogP contribution is -2.44. The maximum Gasteiger partial charge on any atom is 0.123 e. The number of anilines is 2. The Kier molecular flexibility index (Phi) is 6.49. The van der Waals surface area contributed by atoms with Crippen molar-refractivity contribution in [3.8, 4) is 0 Å². The molecule has 31 heavy (non-hydrogen) atoms. The Bertz CT molecular complexity index is 1020. The summed E-state index contributed by atoms with van der Waals surface area (Å²) in [6, 6.07) is 17.5. The quantitative estimate of drug-likeness (QED) is 0.399. The van der Waals surface area contributed by atoms with E-state index >= 15 is 0 Å². The van der Waals surface area contributed by atoms with Crippen molar-refractivity contribution < 1.29 is 8.78 Å². The van der Waals surface area contributed by atoms with E-state index in [4.69, 9.17) is 11.5 Å². The predicted octanol–water partition coefficient (Wildman–Crippen LogP) is 3.89. The first-order valence-electron chi connectivity index (χ1n) is 10.6. The van der Waals surface area contributed by atoms with Crippen molar-refractivity contribution in [3.63, 3.8) is 0 Å². The fourth-order valence-corrected chi connectivity index (χ4v) is 4.33. The van der Waals surface area contributed by atoms with Crippen LogP contribution in [0.15, 0.2) is 60.7 Å². The van der Waals surface area contributed by atoms with Crippen LogP contribution in [0.5, 0.6) is 0 Å². The molecule has 4 nitrogen and oxygen atoms in total. The summed E-state index contributed by atoms with van der Waals surface area (Å²) in [5.41, 5.74) is 17.4. The van der Waals surface area contributed by atoms with Crippen LogP contribution in [0.2, 0.25) is 0 Å². The molecule has 6 heteroatoms. The van der Waals surface area contributed by atoms with Crippen molar-refractivity contribution >= 4 is 11.4 Å². The Morgan fingerprint density at radius 2 is 1.55 bits per heavy atom. The molecule has 1 unspecified atom stereocenters. The van der Waals surface area contributed by atoms with E-state index in [1.54, 1.807) is 12.1 Å². The Morgan fingerprint density at radius 3 is 2.29 bits per heavy atom. The van der Waals surface area contributed by atoms with E-state index in [0.717, 1.165) is 49.2 Å². The second-order valence-electron chi connectivity index (χ2n) is 8.26. The smallest absolute Gasteiger partial charge is 0.123 e. The van der Waals surface area contributed by atoms with E-state index in [-0.39, 0.29) is 17.7 Å². The molecule has 0 saturated heterocycles. The first-order valence-corrected chi connectivity index (χ1v) is 10.6. The highest BCUT2D eigenvalue weighted by atomic mass is 19.1. The van der Waals surface area contributed by atoms with E-state index in [9.17, 15) is 8.78 Å². The number of nitrogens with one attached hydrogen (secondary N) is 1. The molecule has 1 aliphatic rings. The molecule has 1 aliphatic heterocycles. The van der Waals surface area contributed by atoms with Crippen molar-refractivity contribution in [1.82, 2.24) is 10.2 Å². The lowest BCUT2D eigenvalue weighted by molar-refractivity contribution is 0.170. The summed E-state index contributed by atoms with van der Waals surface area (Å²) in [6.07, 6.45) is 1.57. The molecule has 0 radical (unpaired) electrons. The highest BCUT2D eigenvalue weighted by molar-refractivity contribution is 5.54. The van der Waals surface area contributed by atoms with Crippen LogP contribution in [0.4, 0.5) is 20.2 Å². The molecule has 0 saturated carbocycles. The Balaban J connectivity index is 1.42. The van der Waals surface area contributed by atoms with Crippen molar-refractivity contribution in [3.05, 3.63) is 94.6 Å². The fourth-order valence-electron chi connectivity index (χ4n) is 4.33. The summed E-state index contributed by atoms with van der Waals surface area (Å²) >= 11 is 0. The molecule has 3 aromatic rings. The standard InChI is InChI=1S/C25H28F2N4/c26-21-4-1-17(2-5-21)11-25-13-20-12-22(27)6-3-19(20)16-31(25)8-7-30-15-18-9-23(28)14-24(29)10-18/h1-6,9-10,12,14,25,30H,7-8,11,13,15-16,28-29H2. The lowest BCUT2D eigenvalue weighted by atomic mass is 9.90. The van der Waals surface area contributed by atoms with Gasteiger partial charge in [0, 0.05) is 43.6 Å². The van der Waals surface area contributed by atoms with Gasteiger partial charge in [-0.2, -0.15) is 0 Å². The van der Waals surface area contributed by atoms with Crippen molar-refractivity contribution in [2.24, 2.45) is 0 Å². The first-order chi connectivity index (χ1) is 15.0. The number of benzene rings is 3. The topological polar surface area (TPSA) is 67.3 Å². The van der Waals surface area contributed by atoms with E-state index < -0.39 is 0 Å². The van der Waals surface area contributed by atoms with Gasteiger partial charge in [-0.1, -0.05) is 18.2 Å². The third-order valence-electron chi connectivity index (χ3n) is 5.84. The molecular formula is C25H28F2N4. The van der Waals surface area contributed by atoms with E-state index in [2.05, 4.69) is 10.2 Å². The van der Waals surface area contributed by atoms with Crippen molar-refractivity contribution in [1.29, 1.82) is 0 Å². The molecule has 1 heterocycles. The van der Waals surface area contributed by atoms with Gasteiger partial charge in [-0.3, -0.25) is 4.90 Å². The number of hydrogen-bond acceptors (Lipinski definition) is 4. The Morgan fingerprint density at radius 1 is 0.839 bits per heavy atom. The summed E-state index contributed by atoms with van der Waals surface area (Å²) in [4.78, 5) is 2.42. The minimum atomic E-state index is -0.233. The summed E-state index contributed by atoms with van der Waals surface area (Å²) in [7, 11) is 0. The average Bonchev–Trinajstić information content (AvgIpc) is 2.72. The molecule has 5 N–H and O–H groups in total. The van der Waals surface area contributed by atoms with Crippen molar-refractivity contribution in [2.75, 3.05) is 24.6 Å². The number of hydrogen-bond donors (Lipinski definition) is 3. The van der Waals surface area contributed by atoms with Crippen LogP contribution in [0, 0.1) is 11.6 Å². The van der Waals surface area contributed by atoms with Gasteiger partial charge in [0.15, 0.2) is 0 Å². The summed E-state index contributed by atoms with van der Waals surface area (Å²) < 4.78 is 27.1. The average molecular weight is 423 g/mol. The number of rotatable bonds is 7. The summed E-state index contributed by atoms with van der Waals surface area (Å²) in [5.74, 6) is -0.432. The zero-order chi connectivity index (χ0) is 21.8. The third-order valence-corrected chi connectivity index (χ3v) is 5.84. The number of nitrogen functional groups attached to an aromatic ring is 2. The van der Waals surface area contributed by atoms with Gasteiger partial charge in [-0.25, -0.2) is 8.78 Å². The fraction of sp³-hybridized carbons (Fsp3) is 0.280. The van der Waals surface area contributed by atoms with Crippen LogP contribution >= 0.6 is 0 Å². The van der Waals surface area contributed by atoms with Gasteiger partial charge in [0.2, 0.25) is 0 Å². The minimum absolute atomic E-state index is 0.198. The van der Waals surface area contributed by atoms with Crippen LogP contribution in [0.25, 0.3) is 0 Å². The predicted molar refractivity (Wildman–Crippen MR) is 121 cm³/mol. The Labute approximate surface area is 181 Å². The molecule has 162 valence electrons. The molecule has 1 atom stereocenters. The molecule has 0 aromatic heterocycles. The van der Waals surface area contributed by atoms with Crippen LogP contribution in [-0.4, -0.2) is 24.0 Å². The van der Waals surface area contributed by atoms with Crippen LogP contribution in [0.3, 0.4) is 0 Å². The molecule has 0 fully saturated rings. The summed E-state index contributed by atoms with van der Waals surface area (Å²) in [5, 5.41) is 3.47. The molecule has 0 spiro atoms. The van der Waals surface area contributed by atoms with E-state index in [1.807, 2.05) is 30.3 Å². The molecule has 0 aliphatic carbocycles. The highest BCUT2D eigenvalue weighted by Gasteiger charge is 2.26. The number of fused-ring (bicyclic) bond motifs is 1.